The van der Waals surface area contributed by atoms with E-state index in [0.717, 1.165) is 31.6 Å². The van der Waals surface area contributed by atoms with Crippen LogP contribution >= 0.6 is 0 Å². The van der Waals surface area contributed by atoms with Crippen LogP contribution in [0.3, 0.4) is 0 Å². The molecule has 7 heteroatoms. The highest BCUT2D eigenvalue weighted by Crippen LogP contribution is 2.38. The lowest BCUT2D eigenvalue weighted by atomic mass is 9.87. The van der Waals surface area contributed by atoms with E-state index in [1.54, 1.807) is 12.1 Å². The predicted molar refractivity (Wildman–Crippen MR) is 93.1 cm³/mol. The number of benzene rings is 1. The fourth-order valence-electron chi connectivity index (χ4n) is 2.97. The molecular formula is C18H26N2O5. The van der Waals surface area contributed by atoms with Crippen molar-refractivity contribution in [2.75, 3.05) is 20.8 Å². The van der Waals surface area contributed by atoms with Gasteiger partial charge in [-0.25, -0.2) is 0 Å². The molecule has 0 aromatic heterocycles. The molecule has 0 saturated heterocycles. The van der Waals surface area contributed by atoms with E-state index in [9.17, 15) is 9.59 Å². The van der Waals surface area contributed by atoms with Crippen molar-refractivity contribution in [3.63, 3.8) is 0 Å². The van der Waals surface area contributed by atoms with Crippen molar-refractivity contribution in [1.82, 2.24) is 5.32 Å². The molecule has 1 saturated carbocycles. The van der Waals surface area contributed by atoms with Crippen molar-refractivity contribution in [3.05, 3.63) is 17.7 Å². The smallest absolute Gasteiger partial charge is 0.255 e. The Kier molecular flexibility index (Phi) is 6.50. The normalized spacial score (nSPS) is 19.8. The standard InChI is InChI=1S/C18H26N2O5/c1-11-4-6-13(7-5-11)20-18(22)12-8-14(23-2)17(15(9-12)24-3)25-10-16(19)21/h8-9,11,13H,4-7,10H2,1-3H3,(H2,19,21)(H,20,22). The van der Waals surface area contributed by atoms with Gasteiger partial charge in [0.1, 0.15) is 0 Å². The minimum Gasteiger partial charge on any atom is -0.493 e. The molecule has 0 unspecified atom stereocenters. The summed E-state index contributed by atoms with van der Waals surface area (Å²) >= 11 is 0. The Morgan fingerprint density at radius 1 is 1.12 bits per heavy atom. The van der Waals surface area contributed by atoms with Gasteiger partial charge in [-0.05, 0) is 43.7 Å². The SMILES string of the molecule is COc1cc(C(=O)NC2CCC(C)CC2)cc(OC)c1OCC(N)=O. The Bertz CT molecular complexity index is 599. The summed E-state index contributed by atoms with van der Waals surface area (Å²) < 4.78 is 15.9. The first kappa shape index (κ1) is 18.9. The molecule has 7 nitrogen and oxygen atoms in total. The minimum atomic E-state index is -0.613. The van der Waals surface area contributed by atoms with E-state index in [0.29, 0.717) is 17.1 Å². The van der Waals surface area contributed by atoms with Gasteiger partial charge in [-0.2, -0.15) is 0 Å². The van der Waals surface area contributed by atoms with Crippen molar-refractivity contribution >= 4 is 11.8 Å². The van der Waals surface area contributed by atoms with Crippen LogP contribution < -0.4 is 25.3 Å². The van der Waals surface area contributed by atoms with Crippen LogP contribution in [0, 0.1) is 5.92 Å². The summed E-state index contributed by atoms with van der Waals surface area (Å²) in [6, 6.07) is 3.32. The maximum absolute atomic E-state index is 12.6. The molecule has 1 aromatic carbocycles. The van der Waals surface area contributed by atoms with Crippen molar-refractivity contribution in [2.24, 2.45) is 11.7 Å². The quantitative estimate of drug-likeness (QED) is 0.782. The zero-order chi connectivity index (χ0) is 18.4. The number of amides is 2. The molecule has 0 atom stereocenters. The molecule has 0 aliphatic heterocycles. The van der Waals surface area contributed by atoms with Crippen LogP contribution in [0.15, 0.2) is 12.1 Å². The Morgan fingerprint density at radius 3 is 2.16 bits per heavy atom. The Labute approximate surface area is 147 Å². The summed E-state index contributed by atoms with van der Waals surface area (Å²) in [7, 11) is 2.91. The van der Waals surface area contributed by atoms with Crippen LogP contribution in [-0.4, -0.2) is 38.7 Å². The summed E-state index contributed by atoms with van der Waals surface area (Å²) in [5.74, 6) is 0.781. The Balaban J connectivity index is 2.17. The summed E-state index contributed by atoms with van der Waals surface area (Å²) in [6.07, 6.45) is 4.22. The molecular weight excluding hydrogens is 324 g/mol. The van der Waals surface area contributed by atoms with Crippen molar-refractivity contribution in [3.8, 4) is 17.2 Å². The first-order chi connectivity index (χ1) is 11.9. The van der Waals surface area contributed by atoms with E-state index in [1.807, 2.05) is 0 Å². The van der Waals surface area contributed by atoms with E-state index in [2.05, 4.69) is 12.2 Å². The minimum absolute atomic E-state index is 0.183. The van der Waals surface area contributed by atoms with Crippen molar-refractivity contribution in [1.29, 1.82) is 0 Å². The summed E-state index contributed by atoms with van der Waals surface area (Å²) in [5, 5.41) is 3.06. The zero-order valence-electron chi connectivity index (χ0n) is 15.0. The van der Waals surface area contributed by atoms with Crippen LogP contribution in [0.25, 0.3) is 0 Å². The van der Waals surface area contributed by atoms with Gasteiger partial charge in [0.05, 0.1) is 14.2 Å². The van der Waals surface area contributed by atoms with Crippen LogP contribution in [0.4, 0.5) is 0 Å². The third-order valence-electron chi connectivity index (χ3n) is 4.43. The monoisotopic (exact) mass is 350 g/mol. The lowest BCUT2D eigenvalue weighted by Gasteiger charge is -2.27. The predicted octanol–water partition coefficient (Wildman–Crippen LogP) is 1.88. The molecule has 2 rings (SSSR count). The lowest BCUT2D eigenvalue weighted by molar-refractivity contribution is -0.120. The number of hydrogen-bond donors (Lipinski definition) is 2. The first-order valence-electron chi connectivity index (χ1n) is 8.42. The number of carbonyl (C=O) groups is 2. The highest BCUT2D eigenvalue weighted by molar-refractivity contribution is 5.95. The fraction of sp³-hybridized carbons (Fsp3) is 0.556. The molecule has 1 aliphatic carbocycles. The summed E-state index contributed by atoms with van der Waals surface area (Å²) in [4.78, 5) is 23.5. The number of primary amides is 1. The second kappa shape index (κ2) is 8.60. The molecule has 1 aromatic rings. The maximum Gasteiger partial charge on any atom is 0.255 e. The third-order valence-corrected chi connectivity index (χ3v) is 4.43. The summed E-state index contributed by atoms with van der Waals surface area (Å²) in [6.45, 7) is 1.93. The average molecular weight is 350 g/mol. The van der Waals surface area contributed by atoms with Gasteiger partial charge in [-0.15, -0.1) is 0 Å². The van der Waals surface area contributed by atoms with Crippen LogP contribution in [-0.2, 0) is 4.79 Å². The zero-order valence-corrected chi connectivity index (χ0v) is 15.0. The fourth-order valence-corrected chi connectivity index (χ4v) is 2.97. The highest BCUT2D eigenvalue weighted by Gasteiger charge is 2.22. The number of carbonyl (C=O) groups excluding carboxylic acids is 2. The van der Waals surface area contributed by atoms with Crippen molar-refractivity contribution < 1.29 is 23.8 Å². The van der Waals surface area contributed by atoms with Gasteiger partial charge in [-0.1, -0.05) is 6.92 Å². The average Bonchev–Trinajstić information content (AvgIpc) is 2.60. The summed E-state index contributed by atoms with van der Waals surface area (Å²) in [5.41, 5.74) is 5.52. The largest absolute Gasteiger partial charge is 0.493 e. The molecule has 1 fully saturated rings. The van der Waals surface area contributed by atoms with E-state index in [4.69, 9.17) is 19.9 Å². The Morgan fingerprint density at radius 2 is 1.68 bits per heavy atom. The van der Waals surface area contributed by atoms with Gasteiger partial charge in [0, 0.05) is 11.6 Å². The second-order valence-corrected chi connectivity index (χ2v) is 6.40. The van der Waals surface area contributed by atoms with Gasteiger partial charge >= 0.3 is 0 Å². The molecule has 2 amide bonds. The number of methoxy groups -OCH3 is 2. The van der Waals surface area contributed by atoms with E-state index in [-0.39, 0.29) is 24.3 Å². The topological polar surface area (TPSA) is 99.9 Å². The molecule has 0 bridgehead atoms. The highest BCUT2D eigenvalue weighted by atomic mass is 16.5. The van der Waals surface area contributed by atoms with E-state index >= 15 is 0 Å². The Hall–Kier alpha value is -2.44. The van der Waals surface area contributed by atoms with Gasteiger partial charge in [0.25, 0.3) is 11.8 Å². The van der Waals surface area contributed by atoms with Crippen molar-refractivity contribution in [2.45, 2.75) is 38.6 Å². The molecule has 25 heavy (non-hydrogen) atoms. The van der Waals surface area contributed by atoms with Crippen LogP contribution in [0.1, 0.15) is 43.0 Å². The number of nitrogens with one attached hydrogen (secondary N) is 1. The first-order valence-corrected chi connectivity index (χ1v) is 8.42. The van der Waals surface area contributed by atoms with E-state index < -0.39 is 5.91 Å². The van der Waals surface area contributed by atoms with Gasteiger partial charge < -0.3 is 25.3 Å². The lowest BCUT2D eigenvalue weighted by Crippen LogP contribution is -2.37. The molecule has 3 N–H and O–H groups in total. The van der Waals surface area contributed by atoms with Crippen LogP contribution in [0.5, 0.6) is 17.2 Å². The maximum atomic E-state index is 12.6. The third kappa shape index (κ3) is 5.01. The number of ether oxygens (including phenoxy) is 3. The van der Waals surface area contributed by atoms with Crippen LogP contribution in [0.2, 0.25) is 0 Å². The number of hydrogen-bond acceptors (Lipinski definition) is 5. The molecule has 0 radical (unpaired) electrons. The van der Waals surface area contributed by atoms with Gasteiger partial charge in [0.15, 0.2) is 18.1 Å². The molecule has 0 heterocycles. The molecule has 1 aliphatic rings. The van der Waals surface area contributed by atoms with Gasteiger partial charge in [0.2, 0.25) is 5.75 Å². The van der Waals surface area contributed by atoms with E-state index in [1.165, 1.54) is 14.2 Å². The molecule has 138 valence electrons. The molecule has 0 spiro atoms. The number of rotatable bonds is 7. The van der Waals surface area contributed by atoms with Gasteiger partial charge in [-0.3, -0.25) is 9.59 Å². The second-order valence-electron chi connectivity index (χ2n) is 6.40. The number of nitrogens with two attached hydrogens (primary N) is 1.